The first-order chi connectivity index (χ1) is 7.05. The van der Waals surface area contributed by atoms with Gasteiger partial charge in [-0.05, 0) is 13.0 Å². The van der Waals surface area contributed by atoms with Crippen molar-refractivity contribution in [3.8, 4) is 0 Å². The Morgan fingerprint density at radius 2 is 2.00 bits per heavy atom. The minimum Gasteiger partial charge on any atom is -0.391 e. The maximum Gasteiger partial charge on any atom is 0.416 e. The maximum absolute atomic E-state index is 12.5. The zero-order valence-corrected chi connectivity index (χ0v) is 7.79. The second kappa shape index (κ2) is 4.82. The zero-order chi connectivity index (χ0) is 11.3. The van der Waals surface area contributed by atoms with E-state index in [9.17, 15) is 13.2 Å². The Bertz CT molecular complexity index is 347. The van der Waals surface area contributed by atoms with Crippen LogP contribution in [0.25, 0.3) is 0 Å². The van der Waals surface area contributed by atoms with Crippen molar-refractivity contribution in [1.29, 1.82) is 0 Å². The summed E-state index contributed by atoms with van der Waals surface area (Å²) < 4.78 is 37.4. The molecule has 0 aliphatic carbocycles. The number of hydrogen-bond acceptors (Lipinski definition) is 2. The molecule has 0 amide bonds. The standard InChI is InChI=1S/C10H9F3NO/c1-2-14-15-7-8-5-3-4-6-9(8)10(11,12)13/h2-6H,1,7H2/b14-2-. The lowest BCUT2D eigenvalue weighted by Gasteiger charge is -2.11. The van der Waals surface area contributed by atoms with Crippen LogP contribution in [0.15, 0.2) is 29.4 Å². The van der Waals surface area contributed by atoms with Crippen molar-refractivity contribution in [2.24, 2.45) is 5.16 Å². The molecule has 0 saturated carbocycles. The Balaban J connectivity index is 2.87. The van der Waals surface area contributed by atoms with Crippen molar-refractivity contribution in [2.45, 2.75) is 12.8 Å². The van der Waals surface area contributed by atoms with E-state index in [-0.39, 0.29) is 12.2 Å². The molecule has 0 unspecified atom stereocenters. The number of benzene rings is 1. The normalized spacial score (nSPS) is 12.0. The molecule has 1 radical (unpaired) electrons. The fourth-order valence-corrected chi connectivity index (χ4v) is 1.08. The SMILES string of the molecule is [CH2]/C=N\OCc1ccccc1C(F)(F)F. The van der Waals surface area contributed by atoms with Crippen LogP contribution in [0.5, 0.6) is 0 Å². The van der Waals surface area contributed by atoms with Crippen LogP contribution in [0.4, 0.5) is 13.2 Å². The predicted octanol–water partition coefficient (Wildman–Crippen LogP) is 3.04. The quantitative estimate of drug-likeness (QED) is 0.562. The first kappa shape index (κ1) is 11.6. The number of oxime groups is 1. The van der Waals surface area contributed by atoms with Gasteiger partial charge in [-0.3, -0.25) is 0 Å². The number of rotatable bonds is 3. The molecule has 5 heteroatoms. The minimum atomic E-state index is -4.37. The van der Waals surface area contributed by atoms with Crippen molar-refractivity contribution < 1.29 is 18.0 Å². The molecule has 0 aliphatic rings. The molecule has 1 rings (SSSR count). The van der Waals surface area contributed by atoms with Gasteiger partial charge in [-0.25, -0.2) is 0 Å². The summed E-state index contributed by atoms with van der Waals surface area (Å²) in [6.45, 7) is 3.03. The van der Waals surface area contributed by atoms with Crippen LogP contribution in [-0.4, -0.2) is 6.21 Å². The van der Waals surface area contributed by atoms with E-state index < -0.39 is 11.7 Å². The Labute approximate surface area is 85.4 Å². The number of halogens is 3. The lowest BCUT2D eigenvalue weighted by atomic mass is 10.1. The average molecular weight is 216 g/mol. The average Bonchev–Trinajstić information content (AvgIpc) is 2.17. The van der Waals surface area contributed by atoms with E-state index in [4.69, 9.17) is 0 Å². The smallest absolute Gasteiger partial charge is 0.391 e. The first-order valence-electron chi connectivity index (χ1n) is 4.14. The molecule has 0 spiro atoms. The molecule has 1 aromatic carbocycles. The molecule has 2 nitrogen and oxygen atoms in total. The molecule has 0 bridgehead atoms. The molecule has 0 fully saturated rings. The van der Waals surface area contributed by atoms with Gasteiger partial charge in [-0.2, -0.15) is 13.2 Å². The van der Waals surface area contributed by atoms with Gasteiger partial charge in [-0.15, -0.1) is 0 Å². The van der Waals surface area contributed by atoms with Gasteiger partial charge in [0, 0.05) is 11.8 Å². The summed E-state index contributed by atoms with van der Waals surface area (Å²) in [5.74, 6) is 0. The minimum absolute atomic E-state index is 0.0515. The third-order valence-electron chi connectivity index (χ3n) is 1.69. The summed E-state index contributed by atoms with van der Waals surface area (Å²) in [5.41, 5.74) is -0.653. The second-order valence-electron chi connectivity index (χ2n) is 2.72. The van der Waals surface area contributed by atoms with Gasteiger partial charge in [-0.1, -0.05) is 23.4 Å². The van der Waals surface area contributed by atoms with Crippen LogP contribution in [0.1, 0.15) is 11.1 Å². The van der Waals surface area contributed by atoms with E-state index in [2.05, 4.69) is 16.9 Å². The van der Waals surface area contributed by atoms with Crippen LogP contribution < -0.4 is 0 Å². The van der Waals surface area contributed by atoms with Gasteiger partial charge in [0.15, 0.2) is 0 Å². The molecule has 81 valence electrons. The van der Waals surface area contributed by atoms with Gasteiger partial charge in [0.2, 0.25) is 0 Å². The molecule has 0 atom stereocenters. The molecule has 0 aromatic heterocycles. The van der Waals surface area contributed by atoms with Crippen LogP contribution >= 0.6 is 0 Å². The highest BCUT2D eigenvalue weighted by Crippen LogP contribution is 2.32. The monoisotopic (exact) mass is 216 g/mol. The summed E-state index contributed by atoms with van der Waals surface area (Å²) in [7, 11) is 0. The summed E-state index contributed by atoms with van der Waals surface area (Å²) in [6.07, 6.45) is -3.25. The molecular weight excluding hydrogens is 207 g/mol. The van der Waals surface area contributed by atoms with Gasteiger partial charge < -0.3 is 4.84 Å². The third-order valence-corrected chi connectivity index (χ3v) is 1.69. The van der Waals surface area contributed by atoms with Crippen molar-refractivity contribution in [3.63, 3.8) is 0 Å². The Morgan fingerprint density at radius 1 is 1.33 bits per heavy atom. The maximum atomic E-state index is 12.5. The molecule has 0 aliphatic heterocycles. The Morgan fingerprint density at radius 3 is 2.60 bits per heavy atom. The van der Waals surface area contributed by atoms with Crippen molar-refractivity contribution in [1.82, 2.24) is 0 Å². The van der Waals surface area contributed by atoms with Crippen LogP contribution in [0, 0.1) is 6.92 Å². The van der Waals surface area contributed by atoms with E-state index in [0.717, 1.165) is 12.3 Å². The van der Waals surface area contributed by atoms with Gasteiger partial charge in [0.25, 0.3) is 0 Å². The molecule has 1 aromatic rings. The summed E-state index contributed by atoms with van der Waals surface area (Å²) >= 11 is 0. The van der Waals surface area contributed by atoms with E-state index >= 15 is 0 Å². The zero-order valence-electron chi connectivity index (χ0n) is 7.79. The summed E-state index contributed by atoms with van der Waals surface area (Å²) in [4.78, 5) is 4.61. The van der Waals surface area contributed by atoms with Crippen molar-refractivity contribution in [3.05, 3.63) is 42.3 Å². The van der Waals surface area contributed by atoms with E-state index in [1.165, 1.54) is 18.2 Å². The van der Waals surface area contributed by atoms with E-state index in [0.29, 0.717) is 0 Å². The molecule has 15 heavy (non-hydrogen) atoms. The predicted molar refractivity (Wildman–Crippen MR) is 50.1 cm³/mol. The molecule has 0 heterocycles. The number of alkyl halides is 3. The highest BCUT2D eigenvalue weighted by molar-refractivity contribution is 5.60. The number of nitrogens with zero attached hydrogens (tertiary/aromatic N) is 1. The van der Waals surface area contributed by atoms with Crippen LogP contribution in [-0.2, 0) is 17.6 Å². The second-order valence-corrected chi connectivity index (χ2v) is 2.72. The van der Waals surface area contributed by atoms with Gasteiger partial charge >= 0.3 is 6.18 Å². The van der Waals surface area contributed by atoms with E-state index in [1.807, 2.05) is 0 Å². The largest absolute Gasteiger partial charge is 0.416 e. The van der Waals surface area contributed by atoms with Crippen molar-refractivity contribution >= 4 is 6.21 Å². The van der Waals surface area contributed by atoms with Crippen molar-refractivity contribution in [2.75, 3.05) is 0 Å². The fourth-order valence-electron chi connectivity index (χ4n) is 1.08. The van der Waals surface area contributed by atoms with Gasteiger partial charge in [0.1, 0.15) is 6.61 Å². The summed E-state index contributed by atoms with van der Waals surface area (Å²) in [6, 6.07) is 5.20. The highest BCUT2D eigenvalue weighted by Gasteiger charge is 2.32. The highest BCUT2D eigenvalue weighted by atomic mass is 19.4. The van der Waals surface area contributed by atoms with Crippen LogP contribution in [0.3, 0.4) is 0 Å². The topological polar surface area (TPSA) is 21.6 Å². The fraction of sp³-hybridized carbons (Fsp3) is 0.200. The molecule has 0 N–H and O–H groups in total. The van der Waals surface area contributed by atoms with Crippen LogP contribution in [0.2, 0.25) is 0 Å². The Hall–Kier alpha value is -1.52. The number of hydrogen-bond donors (Lipinski definition) is 0. The first-order valence-corrected chi connectivity index (χ1v) is 4.14. The lowest BCUT2D eigenvalue weighted by molar-refractivity contribution is -0.138. The van der Waals surface area contributed by atoms with Gasteiger partial charge in [0.05, 0.1) is 5.56 Å². The lowest BCUT2D eigenvalue weighted by Crippen LogP contribution is -2.09. The summed E-state index contributed by atoms with van der Waals surface area (Å²) in [5, 5.41) is 3.29. The Kier molecular flexibility index (Phi) is 3.71. The van der Waals surface area contributed by atoms with E-state index in [1.54, 1.807) is 0 Å². The third kappa shape index (κ3) is 3.27. The molecular formula is C10H9F3NO. The molecule has 0 saturated heterocycles.